The maximum absolute atomic E-state index is 12.6. The molecule has 3 aliphatic rings. The number of likely N-dealkylation sites (tertiary alicyclic amines) is 3. The molecule has 8 heteroatoms. The molecule has 3 fully saturated rings. The molecule has 3 saturated heterocycles. The lowest BCUT2D eigenvalue weighted by atomic mass is 9.81. The van der Waals surface area contributed by atoms with E-state index in [0.29, 0.717) is 44.8 Å². The van der Waals surface area contributed by atoms with Crippen molar-refractivity contribution in [2.24, 2.45) is 11.3 Å². The van der Waals surface area contributed by atoms with Crippen molar-refractivity contribution in [2.45, 2.75) is 25.8 Å². The summed E-state index contributed by atoms with van der Waals surface area (Å²) in [7, 11) is 0. The van der Waals surface area contributed by atoms with E-state index in [-0.39, 0.29) is 23.8 Å². The largest absolute Gasteiger partial charge is 0.481 e. The molecule has 0 saturated carbocycles. The number of amides is 2. The fourth-order valence-corrected chi connectivity index (χ4v) is 5.03. The number of piperidine rings is 1. The van der Waals surface area contributed by atoms with Gasteiger partial charge in [-0.25, -0.2) is 0 Å². The molecule has 4 heterocycles. The molecule has 0 radical (unpaired) electrons. The minimum absolute atomic E-state index is 0.00366. The SMILES string of the molecule is CC(=O)N1C[C@H]2CN(C3CCN(C(=O)c4cccnc4)CC3)C[C@@]2(C(=O)O)C1. The number of carbonyl (C=O) groups is 3. The highest BCUT2D eigenvalue weighted by Gasteiger charge is 2.59. The molecule has 0 unspecified atom stereocenters. The second-order valence-electron chi connectivity index (χ2n) is 8.25. The molecule has 0 spiro atoms. The van der Waals surface area contributed by atoms with Gasteiger partial charge in [0.1, 0.15) is 5.41 Å². The van der Waals surface area contributed by atoms with Crippen molar-refractivity contribution < 1.29 is 19.5 Å². The molecular weight excluding hydrogens is 360 g/mol. The van der Waals surface area contributed by atoms with Crippen LogP contribution in [-0.4, -0.2) is 87.9 Å². The summed E-state index contributed by atoms with van der Waals surface area (Å²) in [6, 6.07) is 3.82. The number of carboxylic acids is 1. The number of fused-ring (bicyclic) bond motifs is 1. The van der Waals surface area contributed by atoms with Gasteiger partial charge in [-0.3, -0.25) is 24.3 Å². The highest BCUT2D eigenvalue weighted by atomic mass is 16.4. The molecule has 1 N–H and O–H groups in total. The van der Waals surface area contributed by atoms with E-state index in [1.165, 1.54) is 6.92 Å². The highest BCUT2D eigenvalue weighted by Crippen LogP contribution is 2.44. The number of carboxylic acid groups (broad SMARTS) is 1. The van der Waals surface area contributed by atoms with Crippen LogP contribution in [0.2, 0.25) is 0 Å². The van der Waals surface area contributed by atoms with Crippen molar-refractivity contribution >= 4 is 17.8 Å². The van der Waals surface area contributed by atoms with Crippen LogP contribution in [0, 0.1) is 11.3 Å². The molecule has 150 valence electrons. The summed E-state index contributed by atoms with van der Waals surface area (Å²) in [4.78, 5) is 46.2. The first-order valence-electron chi connectivity index (χ1n) is 9.83. The normalized spacial score (nSPS) is 28.4. The van der Waals surface area contributed by atoms with E-state index in [0.717, 1.165) is 12.8 Å². The number of aromatic nitrogens is 1. The average molecular weight is 386 g/mol. The van der Waals surface area contributed by atoms with Crippen LogP contribution >= 0.6 is 0 Å². The van der Waals surface area contributed by atoms with Crippen LogP contribution < -0.4 is 0 Å². The molecular formula is C20H26N4O4. The molecule has 0 aromatic carbocycles. The van der Waals surface area contributed by atoms with E-state index in [2.05, 4.69) is 9.88 Å². The highest BCUT2D eigenvalue weighted by molar-refractivity contribution is 5.93. The van der Waals surface area contributed by atoms with Crippen molar-refractivity contribution in [3.8, 4) is 0 Å². The summed E-state index contributed by atoms with van der Waals surface area (Å²) in [5.74, 6) is -0.871. The number of pyridine rings is 1. The van der Waals surface area contributed by atoms with Gasteiger partial charge in [0, 0.05) is 70.5 Å². The topological polar surface area (TPSA) is 94.1 Å². The monoisotopic (exact) mass is 386 g/mol. The smallest absolute Gasteiger partial charge is 0.313 e. The second kappa shape index (κ2) is 7.16. The van der Waals surface area contributed by atoms with Gasteiger partial charge in [-0.05, 0) is 25.0 Å². The number of aliphatic carboxylic acids is 1. The predicted octanol–water partition coefficient (Wildman–Crippen LogP) is 0.551. The average Bonchev–Trinajstić information content (AvgIpc) is 3.24. The van der Waals surface area contributed by atoms with Gasteiger partial charge in [-0.1, -0.05) is 0 Å². The molecule has 3 aliphatic heterocycles. The van der Waals surface area contributed by atoms with Gasteiger partial charge < -0.3 is 14.9 Å². The molecule has 1 aromatic rings. The number of hydrogen-bond acceptors (Lipinski definition) is 5. The van der Waals surface area contributed by atoms with Crippen molar-refractivity contribution in [1.82, 2.24) is 19.7 Å². The van der Waals surface area contributed by atoms with Gasteiger partial charge >= 0.3 is 5.97 Å². The zero-order valence-corrected chi connectivity index (χ0v) is 16.1. The summed E-state index contributed by atoms with van der Waals surface area (Å²) in [6.45, 7) is 4.85. The van der Waals surface area contributed by atoms with Gasteiger partial charge in [0.15, 0.2) is 0 Å². The second-order valence-corrected chi connectivity index (χ2v) is 8.25. The van der Waals surface area contributed by atoms with Crippen LogP contribution in [0.1, 0.15) is 30.1 Å². The summed E-state index contributed by atoms with van der Waals surface area (Å²) in [5, 5.41) is 9.91. The third kappa shape index (κ3) is 3.15. The molecule has 0 aliphatic carbocycles. The van der Waals surface area contributed by atoms with E-state index in [4.69, 9.17) is 0 Å². The molecule has 2 atom stereocenters. The zero-order chi connectivity index (χ0) is 19.9. The predicted molar refractivity (Wildman–Crippen MR) is 101 cm³/mol. The fraction of sp³-hybridized carbons (Fsp3) is 0.600. The maximum atomic E-state index is 12.6. The van der Waals surface area contributed by atoms with E-state index in [1.807, 2.05) is 4.90 Å². The Balaban J connectivity index is 1.38. The van der Waals surface area contributed by atoms with Crippen LogP contribution in [0.25, 0.3) is 0 Å². The third-order valence-corrected chi connectivity index (χ3v) is 6.68. The lowest BCUT2D eigenvalue weighted by Crippen LogP contribution is -2.48. The van der Waals surface area contributed by atoms with Gasteiger partial charge in [0.25, 0.3) is 5.91 Å². The quantitative estimate of drug-likeness (QED) is 0.815. The lowest BCUT2D eigenvalue weighted by Gasteiger charge is -2.37. The Labute approximate surface area is 164 Å². The van der Waals surface area contributed by atoms with Gasteiger partial charge in [0.05, 0.1) is 5.56 Å². The molecule has 1 aromatic heterocycles. The van der Waals surface area contributed by atoms with Crippen molar-refractivity contribution in [3.63, 3.8) is 0 Å². The Bertz CT molecular complexity index is 778. The van der Waals surface area contributed by atoms with Gasteiger partial charge in [-0.2, -0.15) is 0 Å². The van der Waals surface area contributed by atoms with Crippen molar-refractivity contribution in [3.05, 3.63) is 30.1 Å². The Kier molecular flexibility index (Phi) is 4.82. The molecule has 28 heavy (non-hydrogen) atoms. The van der Waals surface area contributed by atoms with E-state index in [1.54, 1.807) is 29.4 Å². The fourth-order valence-electron chi connectivity index (χ4n) is 5.03. The standard InChI is InChI=1S/C20H26N4O4/c1-14(25)23-10-16-11-24(13-20(16,12-23)19(27)28)17-4-7-22(8-5-17)18(26)15-3-2-6-21-9-15/h2-3,6,9,16-17H,4-5,7-8,10-13H2,1H3,(H,27,28)/t16-,20-/m0/s1. The third-order valence-electron chi connectivity index (χ3n) is 6.68. The van der Waals surface area contributed by atoms with Crippen LogP contribution in [0.4, 0.5) is 0 Å². The van der Waals surface area contributed by atoms with Gasteiger partial charge in [0.2, 0.25) is 5.91 Å². The van der Waals surface area contributed by atoms with E-state index >= 15 is 0 Å². The summed E-state index contributed by atoms with van der Waals surface area (Å²) < 4.78 is 0. The Hall–Kier alpha value is -2.48. The first-order chi connectivity index (χ1) is 13.4. The van der Waals surface area contributed by atoms with Crippen LogP contribution in [0.5, 0.6) is 0 Å². The number of rotatable bonds is 3. The first kappa shape index (κ1) is 18.9. The molecule has 0 bridgehead atoms. The summed E-state index contributed by atoms with van der Waals surface area (Å²) >= 11 is 0. The van der Waals surface area contributed by atoms with Crippen LogP contribution in [0.15, 0.2) is 24.5 Å². The summed E-state index contributed by atoms with van der Waals surface area (Å²) in [5.41, 5.74) is -0.250. The molecule has 2 amide bonds. The van der Waals surface area contributed by atoms with Crippen LogP contribution in [0.3, 0.4) is 0 Å². The van der Waals surface area contributed by atoms with Gasteiger partial charge in [-0.15, -0.1) is 0 Å². The zero-order valence-electron chi connectivity index (χ0n) is 16.1. The number of carbonyl (C=O) groups excluding carboxylic acids is 2. The summed E-state index contributed by atoms with van der Waals surface area (Å²) in [6.07, 6.45) is 4.92. The van der Waals surface area contributed by atoms with Crippen molar-refractivity contribution in [1.29, 1.82) is 0 Å². The van der Waals surface area contributed by atoms with Crippen LogP contribution in [-0.2, 0) is 9.59 Å². The number of nitrogens with zero attached hydrogens (tertiary/aromatic N) is 4. The Morgan fingerprint density at radius 3 is 2.46 bits per heavy atom. The maximum Gasteiger partial charge on any atom is 0.313 e. The van der Waals surface area contributed by atoms with Crippen molar-refractivity contribution in [2.75, 3.05) is 39.3 Å². The minimum atomic E-state index is -0.853. The van der Waals surface area contributed by atoms with E-state index < -0.39 is 11.4 Å². The minimum Gasteiger partial charge on any atom is -0.481 e. The molecule has 8 nitrogen and oxygen atoms in total. The Morgan fingerprint density at radius 1 is 1.14 bits per heavy atom. The lowest BCUT2D eigenvalue weighted by molar-refractivity contribution is -0.149. The van der Waals surface area contributed by atoms with E-state index in [9.17, 15) is 19.5 Å². The first-order valence-corrected chi connectivity index (χ1v) is 9.83. The Morgan fingerprint density at radius 2 is 1.89 bits per heavy atom. The molecule has 4 rings (SSSR count). The number of hydrogen-bond donors (Lipinski definition) is 1.